The van der Waals surface area contributed by atoms with Crippen molar-refractivity contribution in [3.05, 3.63) is 0 Å². The van der Waals surface area contributed by atoms with Gasteiger partial charge in [-0.25, -0.2) is 4.79 Å². The first-order valence-electron chi connectivity index (χ1n) is 6.29. The number of carboxylic acids is 1. The Morgan fingerprint density at radius 2 is 2.00 bits per heavy atom. The predicted molar refractivity (Wildman–Crippen MR) is 67.9 cm³/mol. The summed E-state index contributed by atoms with van der Waals surface area (Å²) in [6.07, 6.45) is 3.58. The van der Waals surface area contributed by atoms with E-state index in [0.29, 0.717) is 19.5 Å². The lowest BCUT2D eigenvalue weighted by Crippen LogP contribution is -2.41. The Hall–Kier alpha value is -1.70. The summed E-state index contributed by atoms with van der Waals surface area (Å²) in [6.45, 7) is 2.44. The number of nitrogens with one attached hydrogen (secondary N) is 2. The first kappa shape index (κ1) is 14.4. The van der Waals surface area contributed by atoms with Crippen molar-refractivity contribution in [1.82, 2.24) is 10.6 Å². The van der Waals surface area contributed by atoms with E-state index in [2.05, 4.69) is 22.5 Å². The predicted octanol–water partition coefficient (Wildman–Crippen LogP) is 1.20. The molecule has 1 rings (SSSR count). The lowest BCUT2D eigenvalue weighted by molar-refractivity contribution is -0.144. The Balaban J connectivity index is 2.33. The fourth-order valence-corrected chi connectivity index (χ4v) is 2.28. The summed E-state index contributed by atoms with van der Waals surface area (Å²) >= 11 is 0. The minimum atomic E-state index is -0.751. The van der Waals surface area contributed by atoms with Gasteiger partial charge in [-0.15, -0.1) is 5.92 Å². The monoisotopic (exact) mass is 252 g/mol. The SMILES string of the molecule is CC#CCNC(=O)NCC1CCCCC1C(=O)O. The summed E-state index contributed by atoms with van der Waals surface area (Å²) < 4.78 is 0. The van der Waals surface area contributed by atoms with Crippen molar-refractivity contribution in [2.24, 2.45) is 11.8 Å². The van der Waals surface area contributed by atoms with Gasteiger partial charge in [-0.1, -0.05) is 18.8 Å². The molecular formula is C13H20N2O3. The van der Waals surface area contributed by atoms with Crippen LogP contribution in [0.2, 0.25) is 0 Å². The van der Waals surface area contributed by atoms with E-state index in [0.717, 1.165) is 19.3 Å². The van der Waals surface area contributed by atoms with E-state index in [-0.39, 0.29) is 17.9 Å². The second-order valence-electron chi connectivity index (χ2n) is 4.48. The average Bonchev–Trinajstić information content (AvgIpc) is 2.37. The molecule has 3 N–H and O–H groups in total. The summed E-state index contributed by atoms with van der Waals surface area (Å²) in [5.74, 6) is 4.37. The molecule has 0 aromatic heterocycles. The normalized spacial score (nSPS) is 22.5. The molecule has 1 fully saturated rings. The molecule has 18 heavy (non-hydrogen) atoms. The summed E-state index contributed by atoms with van der Waals surface area (Å²) in [5, 5.41) is 14.4. The highest BCUT2D eigenvalue weighted by molar-refractivity contribution is 5.74. The molecule has 0 aromatic carbocycles. The Bertz CT molecular complexity index is 357. The zero-order chi connectivity index (χ0) is 13.4. The summed E-state index contributed by atoms with van der Waals surface area (Å²) in [5.41, 5.74) is 0. The summed E-state index contributed by atoms with van der Waals surface area (Å²) in [6, 6.07) is -0.285. The molecule has 5 nitrogen and oxygen atoms in total. The zero-order valence-corrected chi connectivity index (χ0v) is 10.7. The number of hydrogen-bond donors (Lipinski definition) is 3. The lowest BCUT2D eigenvalue weighted by atomic mass is 9.79. The van der Waals surface area contributed by atoms with Crippen molar-refractivity contribution in [1.29, 1.82) is 0 Å². The van der Waals surface area contributed by atoms with Crippen LogP contribution in [-0.4, -0.2) is 30.2 Å². The molecule has 2 unspecified atom stereocenters. The fourth-order valence-electron chi connectivity index (χ4n) is 2.28. The highest BCUT2D eigenvalue weighted by Crippen LogP contribution is 2.29. The summed E-state index contributed by atoms with van der Waals surface area (Å²) in [4.78, 5) is 22.5. The van der Waals surface area contributed by atoms with Gasteiger partial charge in [0.2, 0.25) is 0 Å². The van der Waals surface area contributed by atoms with Crippen molar-refractivity contribution in [2.45, 2.75) is 32.6 Å². The number of hydrogen-bond acceptors (Lipinski definition) is 2. The van der Waals surface area contributed by atoms with Gasteiger partial charge < -0.3 is 15.7 Å². The smallest absolute Gasteiger partial charge is 0.315 e. The second kappa shape index (κ2) is 7.59. The van der Waals surface area contributed by atoms with Crippen LogP contribution in [0, 0.1) is 23.7 Å². The van der Waals surface area contributed by atoms with E-state index in [9.17, 15) is 9.59 Å². The van der Waals surface area contributed by atoms with Crippen molar-refractivity contribution in [3.63, 3.8) is 0 Å². The Labute approximate surface area is 107 Å². The average molecular weight is 252 g/mol. The molecule has 0 radical (unpaired) electrons. The van der Waals surface area contributed by atoms with Gasteiger partial charge in [0.15, 0.2) is 0 Å². The van der Waals surface area contributed by atoms with Gasteiger partial charge in [0.25, 0.3) is 0 Å². The number of amides is 2. The van der Waals surface area contributed by atoms with Gasteiger partial charge in [-0.2, -0.15) is 0 Å². The number of carbonyl (C=O) groups is 2. The molecule has 0 heterocycles. The topological polar surface area (TPSA) is 78.4 Å². The zero-order valence-electron chi connectivity index (χ0n) is 10.7. The molecule has 2 amide bonds. The van der Waals surface area contributed by atoms with Crippen LogP contribution < -0.4 is 10.6 Å². The minimum Gasteiger partial charge on any atom is -0.481 e. The Morgan fingerprint density at radius 1 is 1.28 bits per heavy atom. The summed E-state index contributed by atoms with van der Waals surface area (Å²) in [7, 11) is 0. The van der Waals surface area contributed by atoms with Gasteiger partial charge in [0.1, 0.15) is 0 Å². The van der Waals surface area contributed by atoms with Crippen molar-refractivity contribution >= 4 is 12.0 Å². The maximum Gasteiger partial charge on any atom is 0.315 e. The van der Waals surface area contributed by atoms with E-state index >= 15 is 0 Å². The third-order valence-electron chi connectivity index (χ3n) is 3.27. The number of urea groups is 1. The van der Waals surface area contributed by atoms with Gasteiger partial charge in [-0.05, 0) is 25.7 Å². The Kier molecular flexibility index (Phi) is 6.06. The maximum atomic E-state index is 11.4. The minimum absolute atomic E-state index is 0.0410. The third-order valence-corrected chi connectivity index (χ3v) is 3.27. The third kappa shape index (κ3) is 4.66. The molecular weight excluding hydrogens is 232 g/mol. The van der Waals surface area contributed by atoms with E-state index in [1.807, 2.05) is 0 Å². The van der Waals surface area contributed by atoms with Crippen LogP contribution in [0.5, 0.6) is 0 Å². The molecule has 0 aliphatic heterocycles. The van der Waals surface area contributed by atoms with Crippen LogP contribution in [-0.2, 0) is 4.79 Å². The molecule has 1 aliphatic carbocycles. The molecule has 0 spiro atoms. The van der Waals surface area contributed by atoms with Crippen LogP contribution in [0.25, 0.3) is 0 Å². The van der Waals surface area contributed by atoms with Crippen LogP contribution in [0.1, 0.15) is 32.6 Å². The highest BCUT2D eigenvalue weighted by Gasteiger charge is 2.30. The molecule has 1 saturated carbocycles. The van der Waals surface area contributed by atoms with Crippen LogP contribution in [0.3, 0.4) is 0 Å². The van der Waals surface area contributed by atoms with E-state index in [4.69, 9.17) is 5.11 Å². The van der Waals surface area contributed by atoms with Crippen LogP contribution in [0.4, 0.5) is 4.79 Å². The first-order chi connectivity index (χ1) is 8.65. The lowest BCUT2D eigenvalue weighted by Gasteiger charge is -2.28. The number of carbonyl (C=O) groups excluding carboxylic acids is 1. The van der Waals surface area contributed by atoms with Crippen molar-refractivity contribution < 1.29 is 14.7 Å². The van der Waals surface area contributed by atoms with Crippen molar-refractivity contribution in [2.75, 3.05) is 13.1 Å². The second-order valence-corrected chi connectivity index (χ2v) is 4.48. The molecule has 0 aromatic rings. The first-order valence-corrected chi connectivity index (χ1v) is 6.29. The highest BCUT2D eigenvalue weighted by atomic mass is 16.4. The maximum absolute atomic E-state index is 11.4. The Morgan fingerprint density at radius 3 is 2.67 bits per heavy atom. The quantitative estimate of drug-likeness (QED) is 0.658. The molecule has 0 saturated heterocycles. The van der Waals surface area contributed by atoms with Gasteiger partial charge in [0.05, 0.1) is 12.5 Å². The molecule has 5 heteroatoms. The molecule has 100 valence electrons. The molecule has 2 atom stereocenters. The van der Waals surface area contributed by atoms with Gasteiger partial charge >= 0.3 is 12.0 Å². The number of aliphatic carboxylic acids is 1. The van der Waals surface area contributed by atoms with E-state index in [1.165, 1.54) is 0 Å². The fraction of sp³-hybridized carbons (Fsp3) is 0.692. The van der Waals surface area contributed by atoms with Gasteiger partial charge in [-0.3, -0.25) is 4.79 Å². The van der Waals surface area contributed by atoms with Crippen molar-refractivity contribution in [3.8, 4) is 11.8 Å². The molecule has 1 aliphatic rings. The van der Waals surface area contributed by atoms with E-state index in [1.54, 1.807) is 6.92 Å². The van der Waals surface area contributed by atoms with Gasteiger partial charge in [0, 0.05) is 6.54 Å². The number of carboxylic acid groups (broad SMARTS) is 1. The van der Waals surface area contributed by atoms with Crippen LogP contribution >= 0.6 is 0 Å². The van der Waals surface area contributed by atoms with Crippen LogP contribution in [0.15, 0.2) is 0 Å². The number of rotatable bonds is 4. The standard InChI is InChI=1S/C13H20N2O3/c1-2-3-8-14-13(18)15-9-10-6-4-5-7-11(10)12(16)17/h10-11H,4-9H2,1H3,(H,16,17)(H2,14,15,18). The molecule has 0 bridgehead atoms. The largest absolute Gasteiger partial charge is 0.481 e. The van der Waals surface area contributed by atoms with E-state index < -0.39 is 5.97 Å².